The molecule has 0 aliphatic carbocycles. The van der Waals surface area contributed by atoms with E-state index < -0.39 is 12.3 Å². The second-order valence-corrected chi connectivity index (χ2v) is 4.40. The Balaban J connectivity index is 2.13. The zero-order valence-corrected chi connectivity index (χ0v) is 11.4. The Kier molecular flexibility index (Phi) is 4.38. The molecule has 0 aliphatic heterocycles. The molecule has 4 heteroatoms. The topological polar surface area (TPSA) is 55.8 Å². The number of hydrogen-bond acceptors (Lipinski definition) is 4. The Bertz CT molecular complexity index is 590. The van der Waals surface area contributed by atoms with Gasteiger partial charge in [0, 0.05) is 5.56 Å². The molecule has 0 saturated heterocycles. The summed E-state index contributed by atoms with van der Waals surface area (Å²) in [7, 11) is 1.32. The molecule has 104 valence electrons. The SMILES string of the molecule is COC(=O)c1cccc(OC(O)c2ccc(C)cc2)c1. The van der Waals surface area contributed by atoms with Gasteiger partial charge in [0.15, 0.2) is 0 Å². The van der Waals surface area contributed by atoms with Crippen molar-refractivity contribution in [2.24, 2.45) is 0 Å². The van der Waals surface area contributed by atoms with E-state index in [0.29, 0.717) is 16.9 Å². The van der Waals surface area contributed by atoms with Crippen LogP contribution < -0.4 is 4.74 Å². The van der Waals surface area contributed by atoms with Crippen molar-refractivity contribution in [2.45, 2.75) is 13.2 Å². The van der Waals surface area contributed by atoms with E-state index in [4.69, 9.17) is 4.74 Å². The number of carbonyl (C=O) groups is 1. The van der Waals surface area contributed by atoms with Crippen LogP contribution in [0.4, 0.5) is 0 Å². The molecular formula is C16H16O4. The lowest BCUT2D eigenvalue weighted by Gasteiger charge is -2.14. The Morgan fingerprint density at radius 1 is 1.15 bits per heavy atom. The Labute approximate surface area is 117 Å². The summed E-state index contributed by atoms with van der Waals surface area (Å²) >= 11 is 0. The third-order valence-electron chi connectivity index (χ3n) is 2.87. The highest BCUT2D eigenvalue weighted by atomic mass is 16.6. The maximum absolute atomic E-state index is 11.4. The first kappa shape index (κ1) is 14.1. The average molecular weight is 272 g/mol. The van der Waals surface area contributed by atoms with E-state index in [1.54, 1.807) is 30.3 Å². The largest absolute Gasteiger partial charge is 0.465 e. The summed E-state index contributed by atoms with van der Waals surface area (Å²) < 4.78 is 10.1. The highest BCUT2D eigenvalue weighted by Gasteiger charge is 2.11. The minimum atomic E-state index is -1.08. The van der Waals surface area contributed by atoms with Crippen LogP contribution in [-0.2, 0) is 4.74 Å². The molecule has 1 N–H and O–H groups in total. The van der Waals surface area contributed by atoms with Crippen molar-refractivity contribution >= 4 is 5.97 Å². The fourth-order valence-electron chi connectivity index (χ4n) is 1.74. The molecule has 0 bridgehead atoms. The van der Waals surface area contributed by atoms with Gasteiger partial charge in [-0.2, -0.15) is 0 Å². The number of hydrogen-bond donors (Lipinski definition) is 1. The maximum atomic E-state index is 11.4. The Morgan fingerprint density at radius 2 is 1.85 bits per heavy atom. The van der Waals surface area contributed by atoms with Gasteiger partial charge in [-0.15, -0.1) is 0 Å². The van der Waals surface area contributed by atoms with Gasteiger partial charge in [0.05, 0.1) is 12.7 Å². The third kappa shape index (κ3) is 3.36. The third-order valence-corrected chi connectivity index (χ3v) is 2.87. The molecule has 0 amide bonds. The zero-order chi connectivity index (χ0) is 14.5. The summed E-state index contributed by atoms with van der Waals surface area (Å²) in [6.45, 7) is 1.97. The van der Waals surface area contributed by atoms with Crippen molar-refractivity contribution in [3.05, 3.63) is 65.2 Å². The molecule has 0 fully saturated rings. The molecule has 0 saturated carbocycles. The molecule has 1 atom stereocenters. The first-order valence-corrected chi connectivity index (χ1v) is 6.20. The molecule has 2 aromatic carbocycles. The number of esters is 1. The van der Waals surface area contributed by atoms with E-state index in [1.165, 1.54) is 13.2 Å². The smallest absolute Gasteiger partial charge is 0.337 e. The van der Waals surface area contributed by atoms with E-state index in [0.717, 1.165) is 5.56 Å². The van der Waals surface area contributed by atoms with Gasteiger partial charge in [-0.1, -0.05) is 35.9 Å². The molecule has 1 unspecified atom stereocenters. The van der Waals surface area contributed by atoms with Crippen molar-refractivity contribution in [1.82, 2.24) is 0 Å². The van der Waals surface area contributed by atoms with Gasteiger partial charge >= 0.3 is 5.97 Å². The monoisotopic (exact) mass is 272 g/mol. The summed E-state index contributed by atoms with van der Waals surface area (Å²) in [5.74, 6) is -0.0405. The lowest BCUT2D eigenvalue weighted by Crippen LogP contribution is -2.07. The highest BCUT2D eigenvalue weighted by Crippen LogP contribution is 2.21. The highest BCUT2D eigenvalue weighted by molar-refractivity contribution is 5.89. The van der Waals surface area contributed by atoms with Crippen molar-refractivity contribution in [3.8, 4) is 5.75 Å². The lowest BCUT2D eigenvalue weighted by molar-refractivity contribution is -0.0195. The van der Waals surface area contributed by atoms with Crippen LogP contribution in [0.3, 0.4) is 0 Å². The Morgan fingerprint density at radius 3 is 2.50 bits per heavy atom. The fourth-order valence-corrected chi connectivity index (χ4v) is 1.74. The van der Waals surface area contributed by atoms with Gasteiger partial charge in [0.2, 0.25) is 6.29 Å². The summed E-state index contributed by atoms with van der Waals surface area (Å²) in [5.41, 5.74) is 2.13. The van der Waals surface area contributed by atoms with E-state index in [9.17, 15) is 9.90 Å². The summed E-state index contributed by atoms with van der Waals surface area (Å²) in [6, 6.07) is 13.9. The van der Waals surface area contributed by atoms with Gasteiger partial charge < -0.3 is 14.6 Å². The van der Waals surface area contributed by atoms with Gasteiger partial charge in [-0.05, 0) is 25.1 Å². The van der Waals surface area contributed by atoms with Gasteiger partial charge in [0.1, 0.15) is 5.75 Å². The van der Waals surface area contributed by atoms with Crippen LogP contribution in [0.2, 0.25) is 0 Å². The molecule has 0 spiro atoms. The summed E-state index contributed by atoms with van der Waals surface area (Å²) in [5, 5.41) is 10.0. The van der Waals surface area contributed by atoms with Crippen molar-refractivity contribution in [1.29, 1.82) is 0 Å². The molecule has 0 heterocycles. The number of aryl methyl sites for hydroxylation is 1. The molecule has 0 radical (unpaired) electrons. The van der Waals surface area contributed by atoms with Crippen LogP contribution in [0.1, 0.15) is 27.8 Å². The molecule has 2 rings (SSSR count). The molecule has 0 aromatic heterocycles. The first-order chi connectivity index (χ1) is 9.60. The number of carbonyl (C=O) groups excluding carboxylic acids is 1. The van der Waals surface area contributed by atoms with Crippen molar-refractivity contribution in [3.63, 3.8) is 0 Å². The normalized spacial score (nSPS) is 11.8. The van der Waals surface area contributed by atoms with E-state index >= 15 is 0 Å². The van der Waals surface area contributed by atoms with Gasteiger partial charge in [0.25, 0.3) is 0 Å². The standard InChI is InChI=1S/C16H16O4/c1-11-6-8-12(9-7-11)16(18)20-14-5-3-4-13(10-14)15(17)19-2/h3-10,16,18H,1-2H3. The first-order valence-electron chi connectivity index (χ1n) is 6.20. The predicted octanol–water partition coefficient (Wildman–Crippen LogP) is 2.85. The fraction of sp³-hybridized carbons (Fsp3) is 0.188. The molecule has 4 nitrogen and oxygen atoms in total. The zero-order valence-electron chi connectivity index (χ0n) is 11.4. The van der Waals surface area contributed by atoms with E-state index in [1.807, 2.05) is 19.1 Å². The van der Waals surface area contributed by atoms with Crippen molar-refractivity contribution < 1.29 is 19.4 Å². The maximum Gasteiger partial charge on any atom is 0.337 e. The number of benzene rings is 2. The number of methoxy groups -OCH3 is 1. The van der Waals surface area contributed by atoms with Crippen LogP contribution in [0.25, 0.3) is 0 Å². The van der Waals surface area contributed by atoms with Crippen LogP contribution in [-0.4, -0.2) is 18.2 Å². The second-order valence-electron chi connectivity index (χ2n) is 4.40. The van der Waals surface area contributed by atoms with Gasteiger partial charge in [-0.3, -0.25) is 0 Å². The van der Waals surface area contributed by atoms with Crippen LogP contribution >= 0.6 is 0 Å². The summed E-state index contributed by atoms with van der Waals surface area (Å²) in [6.07, 6.45) is -1.08. The van der Waals surface area contributed by atoms with Crippen molar-refractivity contribution in [2.75, 3.05) is 7.11 Å². The Hall–Kier alpha value is -2.33. The van der Waals surface area contributed by atoms with E-state index in [2.05, 4.69) is 4.74 Å². The molecule has 0 aliphatic rings. The molecule has 2 aromatic rings. The van der Waals surface area contributed by atoms with Gasteiger partial charge in [-0.25, -0.2) is 4.79 Å². The average Bonchev–Trinajstić information content (AvgIpc) is 2.47. The lowest BCUT2D eigenvalue weighted by atomic mass is 10.1. The molecule has 20 heavy (non-hydrogen) atoms. The number of ether oxygens (including phenoxy) is 2. The minimum Gasteiger partial charge on any atom is -0.465 e. The van der Waals surface area contributed by atoms with Crippen LogP contribution in [0.5, 0.6) is 5.75 Å². The number of aliphatic hydroxyl groups is 1. The second kappa shape index (κ2) is 6.21. The number of aliphatic hydroxyl groups excluding tert-OH is 1. The van der Waals surface area contributed by atoms with E-state index in [-0.39, 0.29) is 0 Å². The predicted molar refractivity (Wildman–Crippen MR) is 74.5 cm³/mol. The van der Waals surface area contributed by atoms with Crippen LogP contribution in [0.15, 0.2) is 48.5 Å². The quantitative estimate of drug-likeness (QED) is 0.687. The molecular weight excluding hydrogens is 256 g/mol. The number of rotatable bonds is 4. The summed E-state index contributed by atoms with van der Waals surface area (Å²) in [4.78, 5) is 11.4. The van der Waals surface area contributed by atoms with Crippen LogP contribution in [0, 0.1) is 6.92 Å². The minimum absolute atomic E-state index is 0.376.